The van der Waals surface area contributed by atoms with Crippen molar-refractivity contribution in [3.63, 3.8) is 0 Å². The fourth-order valence-corrected chi connectivity index (χ4v) is 1.89. The highest BCUT2D eigenvalue weighted by Crippen LogP contribution is 2.21. The van der Waals surface area contributed by atoms with Crippen molar-refractivity contribution in [3.8, 4) is 0 Å². The standard InChI is InChI=1S/C11H16N2O2/c1-9-7-13(4-5-15-9)11-2-3-12-6-10(11)8-14/h2-3,6,9,14H,4-5,7-8H2,1H3. The Kier molecular flexibility index (Phi) is 3.18. The molecule has 1 aromatic rings. The van der Waals surface area contributed by atoms with Crippen LogP contribution in [0.3, 0.4) is 0 Å². The molecule has 0 amide bonds. The quantitative estimate of drug-likeness (QED) is 0.781. The minimum absolute atomic E-state index is 0.0366. The molecule has 1 unspecified atom stereocenters. The van der Waals surface area contributed by atoms with Gasteiger partial charge in [-0.3, -0.25) is 4.98 Å². The summed E-state index contributed by atoms with van der Waals surface area (Å²) in [6.07, 6.45) is 3.72. The Labute approximate surface area is 89.5 Å². The normalized spacial score (nSPS) is 21.7. The van der Waals surface area contributed by atoms with Crippen molar-refractivity contribution in [2.75, 3.05) is 24.6 Å². The van der Waals surface area contributed by atoms with Gasteiger partial charge in [0.1, 0.15) is 0 Å². The molecule has 1 aliphatic heterocycles. The molecule has 1 saturated heterocycles. The number of aromatic nitrogens is 1. The number of hydrogen-bond donors (Lipinski definition) is 1. The Hall–Kier alpha value is -1.13. The third kappa shape index (κ3) is 2.27. The maximum Gasteiger partial charge on any atom is 0.0722 e. The first kappa shape index (κ1) is 10.4. The van der Waals surface area contributed by atoms with Crippen LogP contribution in [0.15, 0.2) is 18.5 Å². The second kappa shape index (κ2) is 4.59. The van der Waals surface area contributed by atoms with Crippen molar-refractivity contribution in [2.45, 2.75) is 19.6 Å². The number of aliphatic hydroxyl groups excluding tert-OH is 1. The molecule has 1 fully saturated rings. The van der Waals surface area contributed by atoms with Gasteiger partial charge >= 0.3 is 0 Å². The topological polar surface area (TPSA) is 45.6 Å². The molecule has 0 bridgehead atoms. The van der Waals surface area contributed by atoms with Crippen LogP contribution in [0.2, 0.25) is 0 Å². The van der Waals surface area contributed by atoms with Gasteiger partial charge < -0.3 is 14.7 Å². The largest absolute Gasteiger partial charge is 0.392 e. The number of morpholine rings is 1. The zero-order chi connectivity index (χ0) is 10.7. The van der Waals surface area contributed by atoms with Crippen molar-refractivity contribution in [3.05, 3.63) is 24.0 Å². The minimum atomic E-state index is 0.0366. The van der Waals surface area contributed by atoms with Crippen LogP contribution in [-0.4, -0.2) is 35.9 Å². The molecule has 1 aliphatic rings. The first-order valence-corrected chi connectivity index (χ1v) is 5.21. The molecule has 2 rings (SSSR count). The van der Waals surface area contributed by atoms with Gasteiger partial charge in [0, 0.05) is 36.7 Å². The average molecular weight is 208 g/mol. The Morgan fingerprint density at radius 2 is 2.53 bits per heavy atom. The van der Waals surface area contributed by atoms with E-state index in [4.69, 9.17) is 4.74 Å². The van der Waals surface area contributed by atoms with Crippen molar-refractivity contribution >= 4 is 5.69 Å². The van der Waals surface area contributed by atoms with E-state index >= 15 is 0 Å². The number of pyridine rings is 1. The van der Waals surface area contributed by atoms with E-state index in [1.165, 1.54) is 0 Å². The van der Waals surface area contributed by atoms with Gasteiger partial charge in [-0.1, -0.05) is 0 Å². The molecule has 15 heavy (non-hydrogen) atoms. The van der Waals surface area contributed by atoms with Gasteiger partial charge in [0.05, 0.1) is 19.3 Å². The van der Waals surface area contributed by atoms with Gasteiger partial charge in [0.15, 0.2) is 0 Å². The summed E-state index contributed by atoms with van der Waals surface area (Å²) in [6.45, 7) is 4.59. The van der Waals surface area contributed by atoms with E-state index < -0.39 is 0 Å². The lowest BCUT2D eigenvalue weighted by Crippen LogP contribution is -2.41. The van der Waals surface area contributed by atoms with Crippen molar-refractivity contribution in [1.29, 1.82) is 0 Å². The second-order valence-corrected chi connectivity index (χ2v) is 3.79. The lowest BCUT2D eigenvalue weighted by atomic mass is 10.2. The zero-order valence-corrected chi connectivity index (χ0v) is 8.89. The third-order valence-electron chi connectivity index (χ3n) is 2.63. The molecule has 0 spiro atoms. The number of rotatable bonds is 2. The number of anilines is 1. The van der Waals surface area contributed by atoms with Crippen molar-refractivity contribution < 1.29 is 9.84 Å². The fourth-order valence-electron chi connectivity index (χ4n) is 1.89. The summed E-state index contributed by atoms with van der Waals surface area (Å²) in [6, 6.07) is 1.95. The molecule has 0 radical (unpaired) electrons. The third-order valence-corrected chi connectivity index (χ3v) is 2.63. The monoisotopic (exact) mass is 208 g/mol. The summed E-state index contributed by atoms with van der Waals surface area (Å²) in [5.41, 5.74) is 1.95. The summed E-state index contributed by atoms with van der Waals surface area (Å²) in [4.78, 5) is 6.25. The maximum absolute atomic E-state index is 9.22. The highest BCUT2D eigenvalue weighted by molar-refractivity contribution is 5.52. The van der Waals surface area contributed by atoms with E-state index in [1.54, 1.807) is 12.4 Å². The van der Waals surface area contributed by atoms with Crippen molar-refractivity contribution in [1.82, 2.24) is 4.98 Å². The number of aliphatic hydroxyl groups is 1. The zero-order valence-electron chi connectivity index (χ0n) is 8.89. The van der Waals surface area contributed by atoms with Crippen molar-refractivity contribution in [2.24, 2.45) is 0 Å². The van der Waals surface area contributed by atoms with Gasteiger partial charge in [-0.05, 0) is 13.0 Å². The maximum atomic E-state index is 9.22. The molecule has 0 saturated carbocycles. The molecular formula is C11H16N2O2. The van der Waals surface area contributed by atoms with E-state index in [2.05, 4.69) is 16.8 Å². The molecule has 2 heterocycles. The Morgan fingerprint density at radius 1 is 1.67 bits per heavy atom. The Bertz CT molecular complexity index is 330. The summed E-state index contributed by atoms with van der Waals surface area (Å²) in [5.74, 6) is 0. The van der Waals surface area contributed by atoms with Crippen LogP contribution in [0.1, 0.15) is 12.5 Å². The molecule has 4 heteroatoms. The first-order chi connectivity index (χ1) is 7.31. The predicted octanol–water partition coefficient (Wildman–Crippen LogP) is 0.799. The van der Waals surface area contributed by atoms with Crippen LogP contribution >= 0.6 is 0 Å². The predicted molar refractivity (Wildman–Crippen MR) is 57.8 cm³/mol. The summed E-state index contributed by atoms with van der Waals surface area (Å²) < 4.78 is 5.48. The summed E-state index contributed by atoms with van der Waals surface area (Å²) in [5, 5.41) is 9.22. The molecule has 1 aromatic heterocycles. The lowest BCUT2D eigenvalue weighted by molar-refractivity contribution is 0.0531. The van der Waals surface area contributed by atoms with Gasteiger partial charge in [-0.25, -0.2) is 0 Å². The SMILES string of the molecule is CC1CN(c2ccncc2CO)CCO1. The van der Waals surface area contributed by atoms with E-state index in [0.717, 1.165) is 30.9 Å². The van der Waals surface area contributed by atoms with E-state index in [1.807, 2.05) is 6.07 Å². The molecule has 1 atom stereocenters. The first-order valence-electron chi connectivity index (χ1n) is 5.21. The molecule has 82 valence electrons. The molecule has 1 N–H and O–H groups in total. The Morgan fingerprint density at radius 3 is 3.27 bits per heavy atom. The number of hydrogen-bond acceptors (Lipinski definition) is 4. The average Bonchev–Trinajstić information content (AvgIpc) is 2.29. The van der Waals surface area contributed by atoms with Gasteiger partial charge in [0.2, 0.25) is 0 Å². The van der Waals surface area contributed by atoms with Crippen LogP contribution in [-0.2, 0) is 11.3 Å². The molecular weight excluding hydrogens is 192 g/mol. The highest BCUT2D eigenvalue weighted by atomic mass is 16.5. The minimum Gasteiger partial charge on any atom is -0.392 e. The van der Waals surface area contributed by atoms with Crippen LogP contribution in [0.5, 0.6) is 0 Å². The van der Waals surface area contributed by atoms with Crippen LogP contribution in [0.25, 0.3) is 0 Å². The van der Waals surface area contributed by atoms with E-state index in [9.17, 15) is 5.11 Å². The van der Waals surface area contributed by atoms with E-state index in [-0.39, 0.29) is 12.7 Å². The number of ether oxygens (including phenoxy) is 1. The van der Waals surface area contributed by atoms with E-state index in [0.29, 0.717) is 0 Å². The smallest absolute Gasteiger partial charge is 0.0722 e. The molecule has 0 aliphatic carbocycles. The number of nitrogens with zero attached hydrogens (tertiary/aromatic N) is 2. The van der Waals surface area contributed by atoms with Gasteiger partial charge in [-0.2, -0.15) is 0 Å². The molecule has 4 nitrogen and oxygen atoms in total. The van der Waals surface area contributed by atoms with Crippen LogP contribution in [0, 0.1) is 0 Å². The Balaban J connectivity index is 2.20. The lowest BCUT2D eigenvalue weighted by Gasteiger charge is -2.33. The van der Waals surface area contributed by atoms with Crippen LogP contribution in [0.4, 0.5) is 5.69 Å². The molecule has 0 aromatic carbocycles. The fraction of sp³-hybridized carbons (Fsp3) is 0.545. The summed E-state index contributed by atoms with van der Waals surface area (Å²) in [7, 11) is 0. The highest BCUT2D eigenvalue weighted by Gasteiger charge is 2.18. The summed E-state index contributed by atoms with van der Waals surface area (Å²) >= 11 is 0. The van der Waals surface area contributed by atoms with Gasteiger partial charge in [-0.15, -0.1) is 0 Å². The second-order valence-electron chi connectivity index (χ2n) is 3.79. The van der Waals surface area contributed by atoms with Gasteiger partial charge in [0.25, 0.3) is 0 Å². The van der Waals surface area contributed by atoms with Crippen LogP contribution < -0.4 is 4.90 Å².